The second-order valence-corrected chi connectivity index (χ2v) is 7.90. The molecule has 1 N–H and O–H groups in total. The topological polar surface area (TPSA) is 66.5 Å². The van der Waals surface area contributed by atoms with Crippen LogP contribution in [0, 0.1) is 17.8 Å². The molecule has 0 radical (unpaired) electrons. The first kappa shape index (κ1) is 18.6. The normalized spacial score (nSPS) is 28.9. The lowest BCUT2D eigenvalue weighted by atomic mass is 9.77. The van der Waals surface area contributed by atoms with E-state index in [4.69, 9.17) is 0 Å². The number of ketones is 1. The van der Waals surface area contributed by atoms with Crippen LogP contribution in [0.25, 0.3) is 0 Å². The monoisotopic (exact) mass is 356 g/mol. The summed E-state index contributed by atoms with van der Waals surface area (Å²) in [6.07, 6.45) is 3.70. The lowest BCUT2D eigenvalue weighted by Gasteiger charge is -2.40. The van der Waals surface area contributed by atoms with Crippen molar-refractivity contribution >= 4 is 23.3 Å². The average Bonchev–Trinajstić information content (AvgIpc) is 2.99. The highest BCUT2D eigenvalue weighted by molar-refractivity contribution is 5.98. The number of Topliss-reactive ketones (excluding diaryl/α,β-unsaturated/α-hetero) is 1. The first-order chi connectivity index (χ1) is 12.4. The summed E-state index contributed by atoms with van der Waals surface area (Å²) in [5.74, 6) is 0.772. The number of rotatable bonds is 4. The Balaban J connectivity index is 1.62. The van der Waals surface area contributed by atoms with Crippen LogP contribution < -0.4 is 5.32 Å². The van der Waals surface area contributed by atoms with Crippen molar-refractivity contribution in [2.75, 3.05) is 11.9 Å². The number of likely N-dealkylation sites (tertiary alicyclic amines) is 1. The van der Waals surface area contributed by atoms with Crippen LogP contribution >= 0.6 is 0 Å². The smallest absolute Gasteiger partial charge is 0.229 e. The van der Waals surface area contributed by atoms with E-state index in [0.717, 1.165) is 12.8 Å². The minimum atomic E-state index is -0.306. The van der Waals surface area contributed by atoms with Gasteiger partial charge in [-0.3, -0.25) is 14.4 Å². The Morgan fingerprint density at radius 2 is 1.81 bits per heavy atom. The molecule has 1 saturated carbocycles. The lowest BCUT2D eigenvalue weighted by molar-refractivity contribution is -0.131. The van der Waals surface area contributed by atoms with Gasteiger partial charge in [0, 0.05) is 30.3 Å². The van der Waals surface area contributed by atoms with Gasteiger partial charge in [-0.25, -0.2) is 0 Å². The molecule has 140 valence electrons. The molecular formula is C21H28N2O3. The molecule has 1 aliphatic carbocycles. The summed E-state index contributed by atoms with van der Waals surface area (Å²) in [6.45, 7) is 6.51. The van der Waals surface area contributed by atoms with Crippen molar-refractivity contribution < 1.29 is 14.4 Å². The number of hydrogen-bond donors (Lipinski definition) is 1. The zero-order valence-corrected chi connectivity index (χ0v) is 15.8. The number of nitrogens with one attached hydrogen (secondary N) is 1. The van der Waals surface area contributed by atoms with E-state index in [9.17, 15) is 14.4 Å². The largest absolute Gasteiger partial charge is 0.339 e. The van der Waals surface area contributed by atoms with Crippen LogP contribution in [0.3, 0.4) is 0 Å². The van der Waals surface area contributed by atoms with E-state index in [1.165, 1.54) is 13.3 Å². The van der Waals surface area contributed by atoms with E-state index in [1.54, 1.807) is 24.3 Å². The molecule has 0 bridgehead atoms. The number of carbonyl (C=O) groups excluding carboxylic acids is 3. The summed E-state index contributed by atoms with van der Waals surface area (Å²) >= 11 is 0. The van der Waals surface area contributed by atoms with E-state index in [0.29, 0.717) is 29.6 Å². The Morgan fingerprint density at radius 3 is 2.46 bits per heavy atom. The minimum Gasteiger partial charge on any atom is -0.339 e. The molecule has 1 aliphatic heterocycles. The highest BCUT2D eigenvalue weighted by Crippen LogP contribution is 2.35. The van der Waals surface area contributed by atoms with E-state index in [2.05, 4.69) is 19.2 Å². The maximum Gasteiger partial charge on any atom is 0.229 e. The predicted octanol–water partition coefficient (Wildman–Crippen LogP) is 3.50. The van der Waals surface area contributed by atoms with E-state index in [1.807, 2.05) is 4.90 Å². The van der Waals surface area contributed by atoms with Crippen molar-refractivity contribution in [3.05, 3.63) is 29.8 Å². The molecule has 0 spiro atoms. The molecule has 1 saturated heterocycles. The molecule has 5 heteroatoms. The van der Waals surface area contributed by atoms with Crippen molar-refractivity contribution in [3.8, 4) is 0 Å². The van der Waals surface area contributed by atoms with Crippen LogP contribution in [0.15, 0.2) is 24.3 Å². The molecule has 1 aromatic carbocycles. The quantitative estimate of drug-likeness (QED) is 0.840. The SMILES string of the molecule is CC(=O)c1ccc(NC(=O)[C@@H]2CC(=O)N([C@H]3CCC[C@@H](C)[C@H]3C)C2)cc1. The van der Waals surface area contributed by atoms with Gasteiger partial charge in [0.2, 0.25) is 11.8 Å². The van der Waals surface area contributed by atoms with Crippen LogP contribution in [0.4, 0.5) is 5.69 Å². The van der Waals surface area contributed by atoms with Gasteiger partial charge in [0.1, 0.15) is 0 Å². The summed E-state index contributed by atoms with van der Waals surface area (Å²) in [5, 5.41) is 2.88. The third-order valence-corrected chi connectivity index (χ3v) is 6.15. The fourth-order valence-electron chi connectivity index (χ4n) is 4.25. The highest BCUT2D eigenvalue weighted by atomic mass is 16.2. The van der Waals surface area contributed by atoms with E-state index in [-0.39, 0.29) is 36.0 Å². The number of carbonyl (C=O) groups is 3. The average molecular weight is 356 g/mol. The van der Waals surface area contributed by atoms with Crippen molar-refractivity contribution in [2.45, 2.75) is 52.5 Å². The van der Waals surface area contributed by atoms with Crippen molar-refractivity contribution in [1.29, 1.82) is 0 Å². The van der Waals surface area contributed by atoms with Gasteiger partial charge in [0.15, 0.2) is 5.78 Å². The van der Waals surface area contributed by atoms with E-state index < -0.39 is 0 Å². The Labute approximate surface area is 155 Å². The number of hydrogen-bond acceptors (Lipinski definition) is 3. The molecule has 0 aromatic heterocycles. The summed E-state index contributed by atoms with van der Waals surface area (Å²) < 4.78 is 0. The van der Waals surface area contributed by atoms with Gasteiger partial charge in [0.05, 0.1) is 5.92 Å². The van der Waals surface area contributed by atoms with Crippen LogP contribution in [-0.2, 0) is 9.59 Å². The molecule has 3 rings (SSSR count). The maximum atomic E-state index is 12.6. The van der Waals surface area contributed by atoms with Crippen molar-refractivity contribution in [2.24, 2.45) is 17.8 Å². The first-order valence-corrected chi connectivity index (χ1v) is 9.58. The third kappa shape index (κ3) is 3.81. The fourth-order valence-corrected chi connectivity index (χ4v) is 4.25. The Bertz CT molecular complexity index is 698. The first-order valence-electron chi connectivity index (χ1n) is 9.58. The highest BCUT2D eigenvalue weighted by Gasteiger charge is 2.41. The van der Waals surface area contributed by atoms with Gasteiger partial charge in [-0.1, -0.05) is 26.7 Å². The maximum absolute atomic E-state index is 12.6. The van der Waals surface area contributed by atoms with Gasteiger partial charge in [-0.2, -0.15) is 0 Å². The van der Waals surface area contributed by atoms with Crippen LogP contribution in [0.2, 0.25) is 0 Å². The molecule has 2 aliphatic rings. The fraction of sp³-hybridized carbons (Fsp3) is 0.571. The zero-order valence-electron chi connectivity index (χ0n) is 15.8. The minimum absolute atomic E-state index is 0.00395. The van der Waals surface area contributed by atoms with Gasteiger partial charge in [-0.05, 0) is 49.4 Å². The van der Waals surface area contributed by atoms with Crippen LogP contribution in [0.1, 0.15) is 56.8 Å². The van der Waals surface area contributed by atoms with E-state index >= 15 is 0 Å². The standard InChI is InChI=1S/C21H28N2O3/c1-13-5-4-6-19(14(13)2)23-12-17(11-20(23)25)21(26)22-18-9-7-16(8-10-18)15(3)24/h7-10,13-14,17,19H,4-6,11-12H2,1-3H3,(H,22,26)/t13-,14-,17-,19+/m1/s1. The summed E-state index contributed by atoms with van der Waals surface area (Å²) in [6, 6.07) is 7.13. The number of anilines is 1. The number of nitrogens with zero attached hydrogens (tertiary/aromatic N) is 1. The van der Waals surface area contributed by atoms with Crippen LogP contribution in [-0.4, -0.2) is 35.1 Å². The third-order valence-electron chi connectivity index (χ3n) is 6.15. The Kier molecular flexibility index (Phi) is 5.44. The molecular weight excluding hydrogens is 328 g/mol. The summed E-state index contributed by atoms with van der Waals surface area (Å²) in [7, 11) is 0. The second kappa shape index (κ2) is 7.60. The molecule has 0 unspecified atom stereocenters. The molecule has 2 fully saturated rings. The molecule has 1 aromatic rings. The van der Waals surface area contributed by atoms with Gasteiger partial charge in [0.25, 0.3) is 0 Å². The van der Waals surface area contributed by atoms with Crippen molar-refractivity contribution in [3.63, 3.8) is 0 Å². The lowest BCUT2D eigenvalue weighted by Crippen LogP contribution is -2.45. The number of benzene rings is 1. The van der Waals surface area contributed by atoms with Crippen molar-refractivity contribution in [1.82, 2.24) is 4.90 Å². The van der Waals surface area contributed by atoms with Gasteiger partial charge < -0.3 is 10.2 Å². The molecule has 5 nitrogen and oxygen atoms in total. The molecule has 2 amide bonds. The Hall–Kier alpha value is -2.17. The van der Waals surface area contributed by atoms with Gasteiger partial charge >= 0.3 is 0 Å². The molecule has 4 atom stereocenters. The molecule has 1 heterocycles. The summed E-state index contributed by atoms with van der Waals surface area (Å²) in [5.41, 5.74) is 1.27. The number of amides is 2. The van der Waals surface area contributed by atoms with Gasteiger partial charge in [-0.15, -0.1) is 0 Å². The zero-order chi connectivity index (χ0) is 18.8. The Morgan fingerprint density at radius 1 is 1.12 bits per heavy atom. The van der Waals surface area contributed by atoms with Crippen LogP contribution in [0.5, 0.6) is 0 Å². The second-order valence-electron chi connectivity index (χ2n) is 7.90. The molecule has 26 heavy (non-hydrogen) atoms. The summed E-state index contributed by atoms with van der Waals surface area (Å²) in [4.78, 5) is 38.4. The predicted molar refractivity (Wildman–Crippen MR) is 101 cm³/mol.